The number of nitrogens with zero attached hydrogens (tertiary/aromatic N) is 2. The number of hydrogen-bond donors (Lipinski definition) is 6. The maximum Gasteiger partial charge on any atom is 0.255 e. The summed E-state index contributed by atoms with van der Waals surface area (Å²) in [7, 11) is 6.82. The number of anilines is 2. The Morgan fingerprint density at radius 2 is 1.82 bits per heavy atom. The summed E-state index contributed by atoms with van der Waals surface area (Å²) >= 11 is 0. The number of likely N-dealkylation sites (N-methyl/N-ethyl adjacent to an activating group) is 1. The van der Waals surface area contributed by atoms with Crippen LogP contribution in [0.2, 0.25) is 0 Å². The molecule has 2 aromatic carbocycles. The smallest absolute Gasteiger partial charge is 0.255 e. The summed E-state index contributed by atoms with van der Waals surface area (Å²) in [5, 5.41) is 49.1. The van der Waals surface area contributed by atoms with Crippen LogP contribution in [0.4, 0.5) is 11.4 Å². The summed E-state index contributed by atoms with van der Waals surface area (Å²) < 4.78 is 5.62. The van der Waals surface area contributed by atoms with Gasteiger partial charge in [-0.25, -0.2) is 0 Å². The Kier molecular flexibility index (Phi) is 8.09. The van der Waals surface area contributed by atoms with E-state index < -0.39 is 58.0 Å². The van der Waals surface area contributed by atoms with E-state index in [1.165, 1.54) is 4.90 Å². The van der Waals surface area contributed by atoms with Crippen LogP contribution >= 0.6 is 0 Å². The van der Waals surface area contributed by atoms with Crippen molar-refractivity contribution in [3.63, 3.8) is 0 Å². The zero-order valence-electron chi connectivity index (χ0n) is 26.3. The fourth-order valence-corrected chi connectivity index (χ4v) is 7.17. The fraction of sp³-hybridized carbons (Fsp3) is 0.424. The third-order valence-electron chi connectivity index (χ3n) is 9.20. The van der Waals surface area contributed by atoms with Gasteiger partial charge in [-0.2, -0.15) is 0 Å². The van der Waals surface area contributed by atoms with Gasteiger partial charge in [-0.1, -0.05) is 12.1 Å². The largest absolute Gasteiger partial charge is 0.510 e. The summed E-state index contributed by atoms with van der Waals surface area (Å²) in [6.07, 6.45) is 0.227. The number of nitrogens with one attached hydrogen (secondary N) is 1. The van der Waals surface area contributed by atoms with Crippen molar-refractivity contribution >= 4 is 28.8 Å². The number of phenolic OH excluding ortho intramolecular Hbond substituents is 1. The van der Waals surface area contributed by atoms with E-state index in [1.807, 2.05) is 51.0 Å². The average molecular weight is 621 g/mol. The molecule has 0 saturated heterocycles. The van der Waals surface area contributed by atoms with Gasteiger partial charge in [-0.05, 0) is 75.5 Å². The highest BCUT2D eigenvalue weighted by Gasteiger charge is 2.63. The van der Waals surface area contributed by atoms with Gasteiger partial charge in [-0.15, -0.1) is 0 Å². The van der Waals surface area contributed by atoms with E-state index in [0.717, 1.165) is 16.9 Å². The zero-order valence-corrected chi connectivity index (χ0v) is 26.3. The SMILES string of the molecule is CCOc1ccc(CNc2cc(N(C)C)c3c(c2O)C(=O)C2=C(O)[C@]4(O)C(=O)C(C(N)=O)=C(O)[C@@H](N(C)C)[C@@H]4C[C@@H]2C3)cc1C. The second kappa shape index (κ2) is 11.4. The van der Waals surface area contributed by atoms with Crippen LogP contribution in [-0.2, 0) is 22.6 Å². The Morgan fingerprint density at radius 3 is 2.40 bits per heavy atom. The highest BCUT2D eigenvalue weighted by molar-refractivity contribution is 6.25. The van der Waals surface area contributed by atoms with Crippen molar-refractivity contribution in [1.82, 2.24) is 4.90 Å². The molecule has 0 aliphatic heterocycles. The Balaban J connectivity index is 1.60. The summed E-state index contributed by atoms with van der Waals surface area (Å²) in [6, 6.07) is 6.46. The highest BCUT2D eigenvalue weighted by Crippen LogP contribution is 2.54. The van der Waals surface area contributed by atoms with E-state index in [4.69, 9.17) is 10.5 Å². The van der Waals surface area contributed by atoms with Gasteiger partial charge in [0.25, 0.3) is 5.91 Å². The Bertz CT molecular complexity index is 1680. The molecule has 0 bridgehead atoms. The van der Waals surface area contributed by atoms with E-state index in [0.29, 0.717) is 24.4 Å². The van der Waals surface area contributed by atoms with Crippen molar-refractivity contribution in [1.29, 1.82) is 0 Å². The summed E-state index contributed by atoms with van der Waals surface area (Å²) in [6.45, 7) is 4.72. The Hall–Kier alpha value is -4.55. The number of hydrogen-bond acceptors (Lipinski definition) is 11. The number of Topliss-reactive ketones (excluding diaryl/α,β-unsaturated/α-hetero) is 2. The van der Waals surface area contributed by atoms with Crippen molar-refractivity contribution < 1.29 is 39.5 Å². The molecule has 3 aliphatic carbocycles. The van der Waals surface area contributed by atoms with Crippen molar-refractivity contribution in [3.8, 4) is 11.5 Å². The molecule has 7 N–H and O–H groups in total. The second-order valence-electron chi connectivity index (χ2n) is 12.4. The predicted molar refractivity (Wildman–Crippen MR) is 168 cm³/mol. The minimum atomic E-state index is -2.69. The van der Waals surface area contributed by atoms with Crippen LogP contribution in [0, 0.1) is 18.8 Å². The summed E-state index contributed by atoms with van der Waals surface area (Å²) in [5.41, 5.74) is 5.02. The minimum Gasteiger partial charge on any atom is -0.510 e. The van der Waals surface area contributed by atoms with Crippen LogP contribution in [0.1, 0.15) is 40.4 Å². The molecule has 0 radical (unpaired) electrons. The number of allylic oxidation sites excluding steroid dienone is 1. The maximum absolute atomic E-state index is 14.2. The molecule has 240 valence electrons. The molecule has 12 heteroatoms. The number of carbonyl (C=O) groups is 3. The number of primary amides is 1. The molecule has 0 heterocycles. The summed E-state index contributed by atoms with van der Waals surface area (Å²) in [5.74, 6) is -6.04. The Morgan fingerprint density at radius 1 is 1.13 bits per heavy atom. The number of aryl methyl sites for hydroxylation is 1. The number of amides is 1. The zero-order chi connectivity index (χ0) is 33.1. The Labute approximate surface area is 261 Å². The third kappa shape index (κ3) is 4.88. The van der Waals surface area contributed by atoms with Gasteiger partial charge < -0.3 is 41.1 Å². The normalized spacial score (nSPS) is 24.3. The highest BCUT2D eigenvalue weighted by atomic mass is 16.5. The minimum absolute atomic E-state index is 0.0243. The number of carbonyl (C=O) groups excluding carboxylic acids is 3. The molecule has 5 rings (SSSR count). The first kappa shape index (κ1) is 31.9. The second-order valence-corrected chi connectivity index (χ2v) is 12.4. The van der Waals surface area contributed by atoms with E-state index in [-0.39, 0.29) is 35.4 Å². The van der Waals surface area contributed by atoms with E-state index in [2.05, 4.69) is 5.32 Å². The van der Waals surface area contributed by atoms with E-state index in [9.17, 15) is 34.8 Å². The molecule has 0 spiro atoms. The molecular weight excluding hydrogens is 580 g/mol. The van der Waals surface area contributed by atoms with E-state index in [1.54, 1.807) is 20.2 Å². The van der Waals surface area contributed by atoms with Gasteiger partial charge in [0.05, 0.1) is 23.9 Å². The molecule has 0 aromatic heterocycles. The quantitative estimate of drug-likeness (QED) is 0.188. The van der Waals surface area contributed by atoms with E-state index >= 15 is 0 Å². The van der Waals surface area contributed by atoms with Gasteiger partial charge in [0.2, 0.25) is 5.78 Å². The fourth-order valence-electron chi connectivity index (χ4n) is 7.17. The number of fused-ring (bicyclic) bond motifs is 3. The monoisotopic (exact) mass is 620 g/mol. The van der Waals surface area contributed by atoms with Crippen LogP contribution in [-0.4, -0.2) is 89.2 Å². The average Bonchev–Trinajstić information content (AvgIpc) is 2.95. The molecule has 0 saturated carbocycles. The van der Waals surface area contributed by atoms with Gasteiger partial charge in [-0.3, -0.25) is 19.3 Å². The van der Waals surface area contributed by atoms with Crippen LogP contribution < -0.4 is 20.7 Å². The van der Waals surface area contributed by atoms with Gasteiger partial charge in [0.1, 0.15) is 28.6 Å². The topological polar surface area (TPSA) is 186 Å². The molecule has 3 aliphatic rings. The number of nitrogens with two attached hydrogens (primary N) is 1. The number of aliphatic hydroxyl groups is 3. The maximum atomic E-state index is 14.2. The third-order valence-corrected chi connectivity index (χ3v) is 9.20. The lowest BCUT2D eigenvalue weighted by Gasteiger charge is -2.50. The number of ether oxygens (including phenoxy) is 1. The molecule has 12 nitrogen and oxygen atoms in total. The molecule has 0 fully saturated rings. The van der Waals surface area contributed by atoms with Crippen molar-refractivity contribution in [2.75, 3.05) is 45.0 Å². The lowest BCUT2D eigenvalue weighted by atomic mass is 9.58. The molecule has 4 atom stereocenters. The standard InChI is InChI=1S/C33H40N4O8/c1-7-45-22-9-8-16(10-15(22)2)14-35-20-13-21(36(3)4)18-11-17-12-19-26(37(5)6)29(40)25(32(34)43)31(42)33(19,44)30(41)23(17)28(39)24(18)27(20)38/h8-10,13,17,19,26,35,38,40-41,44H,7,11-12,14H2,1-6H3,(H2,34,43)/t17-,19-,26-,33-/m0/s1. The van der Waals surface area contributed by atoms with Gasteiger partial charge >= 0.3 is 0 Å². The molecule has 1 amide bonds. The predicted octanol–water partition coefficient (Wildman–Crippen LogP) is 2.51. The van der Waals surface area contributed by atoms with Crippen LogP contribution in [0.25, 0.3) is 0 Å². The number of phenols is 1. The molecule has 2 aromatic rings. The molecule has 45 heavy (non-hydrogen) atoms. The van der Waals surface area contributed by atoms with Gasteiger partial charge in [0.15, 0.2) is 11.4 Å². The van der Waals surface area contributed by atoms with Crippen LogP contribution in [0.3, 0.4) is 0 Å². The number of aliphatic hydroxyl groups excluding tert-OH is 2. The van der Waals surface area contributed by atoms with Crippen LogP contribution in [0.5, 0.6) is 11.5 Å². The van der Waals surface area contributed by atoms with Gasteiger partial charge in [0, 0.05) is 37.8 Å². The lowest BCUT2D eigenvalue weighted by molar-refractivity contribution is -0.148. The van der Waals surface area contributed by atoms with Crippen LogP contribution in [0.15, 0.2) is 46.9 Å². The first-order chi connectivity index (χ1) is 21.1. The number of aromatic hydroxyl groups is 1. The number of ketones is 2. The molecule has 0 unspecified atom stereocenters. The number of rotatable bonds is 8. The first-order valence-electron chi connectivity index (χ1n) is 14.8. The van der Waals surface area contributed by atoms with Crippen molar-refractivity contribution in [3.05, 3.63) is 69.2 Å². The first-order valence-corrected chi connectivity index (χ1v) is 14.8. The lowest BCUT2D eigenvalue weighted by Crippen LogP contribution is -2.63. The van der Waals surface area contributed by atoms with Crippen molar-refractivity contribution in [2.24, 2.45) is 17.6 Å². The van der Waals surface area contributed by atoms with Crippen molar-refractivity contribution in [2.45, 2.75) is 44.9 Å². The number of benzene rings is 2. The summed E-state index contributed by atoms with van der Waals surface area (Å²) in [4.78, 5) is 43.3. The molecular formula is C33H40N4O8.